The highest BCUT2D eigenvalue weighted by atomic mass is 19.4. The molecule has 0 saturated heterocycles. The molecule has 4 aromatic rings. The van der Waals surface area contributed by atoms with E-state index in [2.05, 4.69) is 20.4 Å². The number of alkyl halides is 3. The number of pyridine rings is 1. The fourth-order valence-electron chi connectivity index (χ4n) is 2.93. The Morgan fingerprint density at radius 1 is 1.00 bits per heavy atom. The van der Waals surface area contributed by atoms with E-state index >= 15 is 0 Å². The number of nitrogens with zero attached hydrogens (tertiary/aromatic N) is 4. The van der Waals surface area contributed by atoms with Crippen molar-refractivity contribution in [3.63, 3.8) is 0 Å². The fraction of sp³-hybridized carbons (Fsp3) is 0.150. The lowest BCUT2D eigenvalue weighted by atomic mass is 10.1. The first-order chi connectivity index (χ1) is 13.5. The van der Waals surface area contributed by atoms with Crippen molar-refractivity contribution >= 4 is 11.5 Å². The third-order valence-electron chi connectivity index (χ3n) is 4.20. The third kappa shape index (κ3) is 3.95. The summed E-state index contributed by atoms with van der Waals surface area (Å²) in [4.78, 5) is 8.52. The summed E-state index contributed by atoms with van der Waals surface area (Å²) in [5, 5.41) is 7.36. The van der Waals surface area contributed by atoms with Gasteiger partial charge < -0.3 is 5.32 Å². The van der Waals surface area contributed by atoms with Crippen molar-refractivity contribution in [1.82, 2.24) is 19.6 Å². The summed E-state index contributed by atoms with van der Waals surface area (Å²) in [6.45, 7) is 0.454. The zero-order chi connectivity index (χ0) is 19.6. The van der Waals surface area contributed by atoms with Crippen LogP contribution < -0.4 is 5.32 Å². The minimum absolute atomic E-state index is 0.0368. The molecule has 142 valence electrons. The molecule has 0 aliphatic heterocycles. The molecule has 0 amide bonds. The molecule has 1 N–H and O–H groups in total. The van der Waals surface area contributed by atoms with Crippen molar-refractivity contribution in [1.29, 1.82) is 0 Å². The Labute approximate surface area is 158 Å². The van der Waals surface area contributed by atoms with Gasteiger partial charge in [0, 0.05) is 36.1 Å². The summed E-state index contributed by atoms with van der Waals surface area (Å²) < 4.78 is 40.3. The zero-order valence-electron chi connectivity index (χ0n) is 14.7. The van der Waals surface area contributed by atoms with E-state index in [0.29, 0.717) is 18.1 Å². The van der Waals surface area contributed by atoms with Gasteiger partial charge in [0.2, 0.25) is 0 Å². The zero-order valence-corrected chi connectivity index (χ0v) is 14.7. The lowest BCUT2D eigenvalue weighted by Gasteiger charge is -2.12. The molecule has 3 aromatic heterocycles. The van der Waals surface area contributed by atoms with Gasteiger partial charge in [0.1, 0.15) is 5.82 Å². The van der Waals surface area contributed by atoms with Gasteiger partial charge in [-0.2, -0.15) is 22.8 Å². The van der Waals surface area contributed by atoms with Gasteiger partial charge in [-0.1, -0.05) is 36.4 Å². The Kier molecular flexibility index (Phi) is 4.68. The number of anilines is 1. The normalized spacial score (nSPS) is 11.7. The highest BCUT2D eigenvalue weighted by Crippen LogP contribution is 2.27. The Balaban J connectivity index is 1.78. The number of fused-ring (bicyclic) bond motifs is 1. The van der Waals surface area contributed by atoms with Crippen molar-refractivity contribution in [2.75, 3.05) is 5.32 Å². The summed E-state index contributed by atoms with van der Waals surface area (Å²) >= 11 is 0. The number of hydrogen-bond acceptors (Lipinski definition) is 4. The summed E-state index contributed by atoms with van der Waals surface area (Å²) in [6, 6.07) is 14.8. The van der Waals surface area contributed by atoms with Gasteiger partial charge in [0.25, 0.3) is 0 Å². The highest BCUT2D eigenvalue weighted by molar-refractivity contribution is 5.67. The van der Waals surface area contributed by atoms with E-state index in [-0.39, 0.29) is 11.2 Å². The molecule has 0 unspecified atom stereocenters. The Bertz CT molecular complexity index is 1080. The molecule has 28 heavy (non-hydrogen) atoms. The van der Waals surface area contributed by atoms with Crippen molar-refractivity contribution in [3.8, 4) is 11.3 Å². The van der Waals surface area contributed by atoms with E-state index < -0.39 is 12.6 Å². The molecule has 5 nitrogen and oxygen atoms in total. The van der Waals surface area contributed by atoms with Gasteiger partial charge in [-0.25, -0.2) is 4.98 Å². The van der Waals surface area contributed by atoms with Crippen molar-refractivity contribution in [3.05, 3.63) is 78.2 Å². The predicted octanol–water partition coefficient (Wildman–Crippen LogP) is 4.51. The quantitative estimate of drug-likeness (QED) is 0.551. The molecule has 0 atom stereocenters. The Morgan fingerprint density at radius 2 is 1.82 bits per heavy atom. The maximum absolute atomic E-state index is 13.0. The molecule has 0 bridgehead atoms. The number of rotatable bonds is 5. The Morgan fingerprint density at radius 3 is 2.54 bits per heavy atom. The molecule has 0 aliphatic carbocycles. The van der Waals surface area contributed by atoms with E-state index in [0.717, 1.165) is 11.1 Å². The molecular weight excluding hydrogens is 367 g/mol. The van der Waals surface area contributed by atoms with Crippen LogP contribution in [0.15, 0.2) is 67.1 Å². The van der Waals surface area contributed by atoms with Gasteiger partial charge in [0.05, 0.1) is 18.3 Å². The van der Waals surface area contributed by atoms with Crippen LogP contribution in [0.4, 0.5) is 19.0 Å². The second-order valence-corrected chi connectivity index (χ2v) is 6.30. The summed E-state index contributed by atoms with van der Waals surface area (Å²) in [7, 11) is 0. The SMILES string of the molecule is FC(F)(F)Cc1cnn2c(NCc3cccnc3)cc(-c3ccccc3)nc12. The molecule has 3 heterocycles. The van der Waals surface area contributed by atoms with Crippen molar-refractivity contribution in [2.24, 2.45) is 0 Å². The first-order valence-electron chi connectivity index (χ1n) is 8.62. The second-order valence-electron chi connectivity index (χ2n) is 6.30. The van der Waals surface area contributed by atoms with Crippen LogP contribution in [0.25, 0.3) is 16.9 Å². The highest BCUT2D eigenvalue weighted by Gasteiger charge is 2.30. The molecule has 0 aliphatic rings. The van der Waals surface area contributed by atoms with Crippen LogP contribution in [0.1, 0.15) is 11.1 Å². The number of aromatic nitrogens is 4. The van der Waals surface area contributed by atoms with Gasteiger partial charge in [0.15, 0.2) is 5.65 Å². The van der Waals surface area contributed by atoms with E-state index in [9.17, 15) is 13.2 Å². The van der Waals surface area contributed by atoms with Gasteiger partial charge in [-0.15, -0.1) is 0 Å². The average molecular weight is 383 g/mol. The lowest BCUT2D eigenvalue weighted by molar-refractivity contribution is -0.127. The van der Waals surface area contributed by atoms with Crippen LogP contribution in [-0.2, 0) is 13.0 Å². The molecule has 0 fully saturated rings. The van der Waals surface area contributed by atoms with Crippen LogP contribution in [0, 0.1) is 0 Å². The van der Waals surface area contributed by atoms with Crippen molar-refractivity contribution < 1.29 is 13.2 Å². The molecule has 0 saturated carbocycles. The summed E-state index contributed by atoms with van der Waals surface area (Å²) in [6.07, 6.45) is -0.791. The van der Waals surface area contributed by atoms with Gasteiger partial charge in [-0.3, -0.25) is 4.98 Å². The number of hydrogen-bond donors (Lipinski definition) is 1. The second kappa shape index (κ2) is 7.30. The maximum atomic E-state index is 13.0. The number of halogens is 3. The fourth-order valence-corrected chi connectivity index (χ4v) is 2.93. The molecule has 0 radical (unpaired) electrons. The first-order valence-corrected chi connectivity index (χ1v) is 8.62. The minimum Gasteiger partial charge on any atom is -0.366 e. The monoisotopic (exact) mass is 383 g/mol. The standard InChI is InChI=1S/C20H16F3N5/c21-20(22,23)10-16-13-26-28-18(25-12-14-5-4-8-24-11-14)9-17(27-19(16)28)15-6-2-1-3-7-15/h1-9,11,13,25H,10,12H2. The van der Waals surface area contributed by atoms with E-state index in [4.69, 9.17) is 0 Å². The number of benzene rings is 1. The topological polar surface area (TPSA) is 55.1 Å². The van der Waals surface area contributed by atoms with Crippen LogP contribution in [0.2, 0.25) is 0 Å². The van der Waals surface area contributed by atoms with E-state index in [1.807, 2.05) is 42.5 Å². The van der Waals surface area contributed by atoms with E-state index in [1.54, 1.807) is 18.5 Å². The summed E-state index contributed by atoms with van der Waals surface area (Å²) in [5.74, 6) is 0.557. The van der Waals surface area contributed by atoms with Crippen molar-refractivity contribution in [2.45, 2.75) is 19.1 Å². The predicted molar refractivity (Wildman–Crippen MR) is 99.7 cm³/mol. The van der Waals surface area contributed by atoms with Crippen LogP contribution in [-0.4, -0.2) is 25.8 Å². The van der Waals surface area contributed by atoms with Crippen LogP contribution >= 0.6 is 0 Å². The third-order valence-corrected chi connectivity index (χ3v) is 4.20. The number of nitrogens with one attached hydrogen (secondary N) is 1. The molecule has 1 aromatic carbocycles. The largest absolute Gasteiger partial charge is 0.393 e. The van der Waals surface area contributed by atoms with Gasteiger partial charge >= 0.3 is 6.18 Å². The minimum atomic E-state index is -4.34. The van der Waals surface area contributed by atoms with E-state index in [1.165, 1.54) is 10.7 Å². The molecular formula is C20H16F3N5. The maximum Gasteiger partial charge on any atom is 0.393 e. The molecule has 0 spiro atoms. The summed E-state index contributed by atoms with van der Waals surface area (Å²) in [5.41, 5.74) is 2.55. The average Bonchev–Trinajstić information content (AvgIpc) is 3.09. The molecule has 8 heteroatoms. The van der Waals surface area contributed by atoms with Crippen LogP contribution in [0.3, 0.4) is 0 Å². The first kappa shape index (κ1) is 18.0. The Hall–Kier alpha value is -3.42. The smallest absolute Gasteiger partial charge is 0.366 e. The lowest BCUT2D eigenvalue weighted by Crippen LogP contribution is -2.12. The van der Waals surface area contributed by atoms with Crippen LogP contribution in [0.5, 0.6) is 0 Å². The molecule has 4 rings (SSSR count). The van der Waals surface area contributed by atoms with Gasteiger partial charge in [-0.05, 0) is 11.6 Å².